The molecule has 26 heavy (non-hydrogen) atoms. The second-order valence-electron chi connectivity index (χ2n) is 7.30. The summed E-state index contributed by atoms with van der Waals surface area (Å²) < 4.78 is 10.8. The first-order chi connectivity index (χ1) is 12.2. The lowest BCUT2D eigenvalue weighted by molar-refractivity contribution is 0.318. The quantitative estimate of drug-likeness (QED) is 0.630. The molecule has 1 heterocycles. The van der Waals surface area contributed by atoms with Gasteiger partial charge in [0.2, 0.25) is 5.89 Å². The smallest absolute Gasteiger partial charge is 0.232 e. The normalized spacial score (nSPS) is 13.4. The average molecular weight is 359 g/mol. The molecule has 142 valence electrons. The number of guanidine groups is 1. The Bertz CT molecular complexity index is 762. The summed E-state index contributed by atoms with van der Waals surface area (Å²) in [6.07, 6.45) is 0. The Morgan fingerprint density at radius 3 is 2.65 bits per heavy atom. The number of rotatable bonds is 5. The van der Waals surface area contributed by atoms with E-state index >= 15 is 0 Å². The lowest BCUT2D eigenvalue weighted by atomic mass is 9.97. The molecule has 1 unspecified atom stereocenters. The molecule has 0 aliphatic rings. The van der Waals surface area contributed by atoms with Gasteiger partial charge >= 0.3 is 0 Å². The second-order valence-corrected chi connectivity index (χ2v) is 7.30. The van der Waals surface area contributed by atoms with Gasteiger partial charge in [-0.05, 0) is 19.9 Å². The molecule has 0 radical (unpaired) electrons. The molecular formula is C19H29N5O2. The van der Waals surface area contributed by atoms with E-state index in [1.807, 2.05) is 32.9 Å². The van der Waals surface area contributed by atoms with Crippen LogP contribution in [0, 0.1) is 6.92 Å². The van der Waals surface area contributed by atoms with Crippen molar-refractivity contribution < 1.29 is 9.26 Å². The van der Waals surface area contributed by atoms with E-state index in [0.29, 0.717) is 24.2 Å². The SMILES string of the molecule is CN=C(NCc1noc(C(C)(C)C)n1)NC(C)c1cc(C)ccc1OC. The Morgan fingerprint density at radius 1 is 1.35 bits per heavy atom. The molecular weight excluding hydrogens is 330 g/mol. The summed E-state index contributed by atoms with van der Waals surface area (Å²) >= 11 is 0. The number of nitrogens with one attached hydrogen (secondary N) is 2. The number of aromatic nitrogens is 2. The van der Waals surface area contributed by atoms with Gasteiger partial charge < -0.3 is 19.9 Å². The van der Waals surface area contributed by atoms with Gasteiger partial charge in [-0.25, -0.2) is 0 Å². The molecule has 1 aromatic heterocycles. The van der Waals surface area contributed by atoms with E-state index in [9.17, 15) is 0 Å². The molecule has 0 amide bonds. The van der Waals surface area contributed by atoms with Gasteiger partial charge in [-0.3, -0.25) is 4.99 Å². The largest absolute Gasteiger partial charge is 0.496 e. The first-order valence-corrected chi connectivity index (χ1v) is 8.69. The van der Waals surface area contributed by atoms with E-state index in [2.05, 4.69) is 45.7 Å². The fraction of sp³-hybridized carbons (Fsp3) is 0.526. The predicted molar refractivity (Wildman–Crippen MR) is 102 cm³/mol. The number of aryl methyl sites for hydroxylation is 1. The van der Waals surface area contributed by atoms with Gasteiger partial charge in [-0.1, -0.05) is 43.6 Å². The first kappa shape index (κ1) is 19.8. The van der Waals surface area contributed by atoms with Crippen LogP contribution in [0.1, 0.15) is 56.6 Å². The van der Waals surface area contributed by atoms with E-state index < -0.39 is 0 Å². The topological polar surface area (TPSA) is 84.6 Å². The maximum Gasteiger partial charge on any atom is 0.232 e. The van der Waals surface area contributed by atoms with Gasteiger partial charge in [0, 0.05) is 18.0 Å². The Labute approximate surface area is 155 Å². The highest BCUT2D eigenvalue weighted by Crippen LogP contribution is 2.26. The molecule has 0 spiro atoms. The van der Waals surface area contributed by atoms with Crippen LogP contribution in [0.4, 0.5) is 0 Å². The van der Waals surface area contributed by atoms with Crippen molar-refractivity contribution in [1.82, 2.24) is 20.8 Å². The van der Waals surface area contributed by atoms with Crippen molar-refractivity contribution in [2.24, 2.45) is 4.99 Å². The zero-order chi connectivity index (χ0) is 19.3. The lowest BCUT2D eigenvalue weighted by Gasteiger charge is -2.20. The molecule has 0 bridgehead atoms. The van der Waals surface area contributed by atoms with Crippen molar-refractivity contribution in [3.63, 3.8) is 0 Å². The highest BCUT2D eigenvalue weighted by atomic mass is 16.5. The molecule has 0 saturated carbocycles. The summed E-state index contributed by atoms with van der Waals surface area (Å²) in [5.41, 5.74) is 2.09. The number of benzene rings is 1. The number of hydrogen-bond donors (Lipinski definition) is 2. The highest BCUT2D eigenvalue weighted by Gasteiger charge is 2.21. The van der Waals surface area contributed by atoms with Gasteiger partial charge in [0.25, 0.3) is 0 Å². The summed E-state index contributed by atoms with van der Waals surface area (Å²) in [4.78, 5) is 8.69. The maximum atomic E-state index is 5.47. The minimum atomic E-state index is -0.165. The van der Waals surface area contributed by atoms with Crippen LogP contribution in [-0.4, -0.2) is 30.3 Å². The molecule has 0 saturated heterocycles. The van der Waals surface area contributed by atoms with E-state index in [0.717, 1.165) is 11.3 Å². The fourth-order valence-corrected chi connectivity index (χ4v) is 2.46. The standard InChI is InChI=1S/C19H29N5O2/c1-12-8-9-15(25-7)14(10-12)13(2)22-18(20-6)21-11-16-23-17(26-24-16)19(3,4)5/h8-10,13H,11H2,1-7H3,(H2,20,21,22). The van der Waals surface area contributed by atoms with Crippen molar-refractivity contribution in [2.75, 3.05) is 14.2 Å². The van der Waals surface area contributed by atoms with Gasteiger partial charge in [0.1, 0.15) is 5.75 Å². The number of methoxy groups -OCH3 is 1. The van der Waals surface area contributed by atoms with Crippen LogP contribution in [0.2, 0.25) is 0 Å². The summed E-state index contributed by atoms with van der Waals surface area (Å²) in [5.74, 6) is 2.72. The van der Waals surface area contributed by atoms with Crippen LogP contribution in [0.15, 0.2) is 27.7 Å². The van der Waals surface area contributed by atoms with Crippen LogP contribution in [0.25, 0.3) is 0 Å². The number of hydrogen-bond acceptors (Lipinski definition) is 5. The molecule has 2 N–H and O–H groups in total. The number of aliphatic imine (C=N–C) groups is 1. The van der Waals surface area contributed by atoms with Gasteiger partial charge in [-0.2, -0.15) is 4.98 Å². The van der Waals surface area contributed by atoms with Crippen molar-refractivity contribution in [1.29, 1.82) is 0 Å². The minimum Gasteiger partial charge on any atom is -0.496 e. The minimum absolute atomic E-state index is 0.0199. The molecule has 1 atom stereocenters. The fourth-order valence-electron chi connectivity index (χ4n) is 2.46. The van der Waals surface area contributed by atoms with E-state index in [-0.39, 0.29) is 11.5 Å². The zero-order valence-corrected chi connectivity index (χ0v) is 16.7. The Balaban J connectivity index is 2.01. The van der Waals surface area contributed by atoms with Crippen LogP contribution in [0.3, 0.4) is 0 Å². The summed E-state index contributed by atoms with van der Waals surface area (Å²) in [7, 11) is 3.41. The summed E-state index contributed by atoms with van der Waals surface area (Å²) in [6.45, 7) is 10.7. The van der Waals surface area contributed by atoms with Crippen LogP contribution < -0.4 is 15.4 Å². The van der Waals surface area contributed by atoms with Gasteiger partial charge in [-0.15, -0.1) is 0 Å². The number of ether oxygens (including phenoxy) is 1. The van der Waals surface area contributed by atoms with E-state index in [1.54, 1.807) is 14.2 Å². The van der Waals surface area contributed by atoms with Crippen LogP contribution in [0.5, 0.6) is 5.75 Å². The Morgan fingerprint density at radius 2 is 2.08 bits per heavy atom. The third kappa shape index (κ3) is 4.97. The molecule has 0 fully saturated rings. The predicted octanol–water partition coefficient (Wildman–Crippen LogP) is 3.11. The van der Waals surface area contributed by atoms with Gasteiger partial charge in [0.15, 0.2) is 11.8 Å². The summed E-state index contributed by atoms with van der Waals surface area (Å²) in [5, 5.41) is 10.6. The van der Waals surface area contributed by atoms with Crippen molar-refractivity contribution in [3.05, 3.63) is 41.0 Å². The molecule has 2 rings (SSSR count). The Kier molecular flexibility index (Phi) is 6.23. The second kappa shape index (κ2) is 8.21. The lowest BCUT2D eigenvalue weighted by Crippen LogP contribution is -2.38. The molecule has 0 aliphatic carbocycles. The molecule has 7 heteroatoms. The third-order valence-electron chi connectivity index (χ3n) is 3.95. The third-order valence-corrected chi connectivity index (χ3v) is 3.95. The molecule has 7 nitrogen and oxygen atoms in total. The van der Waals surface area contributed by atoms with Crippen molar-refractivity contribution >= 4 is 5.96 Å². The van der Waals surface area contributed by atoms with Crippen molar-refractivity contribution in [2.45, 2.75) is 52.6 Å². The van der Waals surface area contributed by atoms with E-state index in [1.165, 1.54) is 5.56 Å². The molecule has 0 aliphatic heterocycles. The summed E-state index contributed by atoms with van der Waals surface area (Å²) in [6, 6.07) is 6.14. The molecule has 2 aromatic rings. The monoisotopic (exact) mass is 359 g/mol. The number of nitrogens with zero attached hydrogens (tertiary/aromatic N) is 3. The first-order valence-electron chi connectivity index (χ1n) is 8.69. The Hall–Kier alpha value is -2.57. The van der Waals surface area contributed by atoms with Crippen LogP contribution >= 0.6 is 0 Å². The highest BCUT2D eigenvalue weighted by molar-refractivity contribution is 5.80. The molecule has 1 aromatic carbocycles. The van der Waals surface area contributed by atoms with Crippen LogP contribution in [-0.2, 0) is 12.0 Å². The van der Waals surface area contributed by atoms with Gasteiger partial charge in [0.05, 0.1) is 19.7 Å². The maximum absolute atomic E-state index is 5.47. The van der Waals surface area contributed by atoms with Crippen molar-refractivity contribution in [3.8, 4) is 5.75 Å². The zero-order valence-electron chi connectivity index (χ0n) is 16.7. The van der Waals surface area contributed by atoms with E-state index in [4.69, 9.17) is 9.26 Å². The average Bonchev–Trinajstić information content (AvgIpc) is 3.07.